The van der Waals surface area contributed by atoms with Crippen LogP contribution in [0, 0.1) is 19.7 Å². The number of rotatable bonds is 7. The molecule has 0 heterocycles. The third-order valence-corrected chi connectivity index (χ3v) is 4.63. The Bertz CT molecular complexity index is 888. The van der Waals surface area contributed by atoms with E-state index < -0.39 is 11.6 Å². The monoisotopic (exact) mass is 414 g/mol. The molecule has 1 atom stereocenters. The van der Waals surface area contributed by atoms with Crippen LogP contribution in [0.15, 0.2) is 42.5 Å². The molecule has 5 nitrogen and oxygen atoms in total. The fourth-order valence-corrected chi connectivity index (χ4v) is 2.93. The zero-order valence-corrected chi connectivity index (χ0v) is 18.6. The van der Waals surface area contributed by atoms with Crippen molar-refractivity contribution in [3.63, 3.8) is 0 Å². The molecule has 0 aromatic heterocycles. The molecule has 0 spiro atoms. The van der Waals surface area contributed by atoms with Gasteiger partial charge in [0.2, 0.25) is 5.91 Å². The van der Waals surface area contributed by atoms with Crippen molar-refractivity contribution in [1.82, 2.24) is 10.2 Å². The Morgan fingerprint density at radius 1 is 1.10 bits per heavy atom. The first-order valence-corrected chi connectivity index (χ1v) is 10.0. The maximum absolute atomic E-state index is 13.3. The van der Waals surface area contributed by atoms with Gasteiger partial charge in [-0.2, -0.15) is 0 Å². The van der Waals surface area contributed by atoms with Crippen molar-refractivity contribution in [2.24, 2.45) is 0 Å². The summed E-state index contributed by atoms with van der Waals surface area (Å²) in [6, 6.07) is 11.0. The van der Waals surface area contributed by atoms with Crippen molar-refractivity contribution in [2.45, 2.75) is 59.7 Å². The molecule has 0 bridgehead atoms. The SMILES string of the molecule is Cc1ccc(C)c(OCC(=O)N(Cc2ccc(F)cc2)[C@H](C)C(=O)NC(C)(C)C)c1. The van der Waals surface area contributed by atoms with E-state index in [1.165, 1.54) is 17.0 Å². The standard InChI is InChI=1S/C24H31FN2O3/c1-16-7-8-17(2)21(13-16)30-15-22(28)27(14-19-9-11-20(25)12-10-19)18(3)23(29)26-24(4,5)6/h7-13,18H,14-15H2,1-6H3,(H,26,29)/t18-/m1/s1. The first-order valence-electron chi connectivity index (χ1n) is 10.0. The van der Waals surface area contributed by atoms with Crippen LogP contribution in [-0.4, -0.2) is 34.9 Å². The van der Waals surface area contributed by atoms with Crippen LogP contribution in [0.5, 0.6) is 5.75 Å². The predicted molar refractivity (Wildman–Crippen MR) is 116 cm³/mol. The van der Waals surface area contributed by atoms with E-state index in [2.05, 4.69) is 5.32 Å². The molecule has 0 aliphatic carbocycles. The van der Waals surface area contributed by atoms with Gasteiger partial charge in [0.15, 0.2) is 6.61 Å². The zero-order chi connectivity index (χ0) is 22.5. The van der Waals surface area contributed by atoms with Gasteiger partial charge in [-0.1, -0.05) is 24.3 Å². The first kappa shape index (κ1) is 23.4. The van der Waals surface area contributed by atoms with E-state index in [1.54, 1.807) is 19.1 Å². The maximum atomic E-state index is 13.3. The average Bonchev–Trinajstić information content (AvgIpc) is 2.66. The summed E-state index contributed by atoms with van der Waals surface area (Å²) >= 11 is 0. The van der Waals surface area contributed by atoms with Gasteiger partial charge in [0.1, 0.15) is 17.6 Å². The molecule has 30 heavy (non-hydrogen) atoms. The van der Waals surface area contributed by atoms with Crippen LogP contribution in [0.25, 0.3) is 0 Å². The van der Waals surface area contributed by atoms with Gasteiger partial charge in [0.05, 0.1) is 0 Å². The van der Waals surface area contributed by atoms with Gasteiger partial charge < -0.3 is 15.0 Å². The average molecular weight is 415 g/mol. The molecule has 0 radical (unpaired) electrons. The van der Waals surface area contributed by atoms with Gasteiger partial charge in [-0.15, -0.1) is 0 Å². The molecule has 0 saturated carbocycles. The van der Waals surface area contributed by atoms with Crippen LogP contribution < -0.4 is 10.1 Å². The van der Waals surface area contributed by atoms with Gasteiger partial charge in [0.25, 0.3) is 5.91 Å². The summed E-state index contributed by atoms with van der Waals surface area (Å²) in [6.07, 6.45) is 0. The molecule has 0 unspecified atom stereocenters. The number of amides is 2. The molecule has 2 amide bonds. The van der Waals surface area contributed by atoms with Gasteiger partial charge >= 0.3 is 0 Å². The molecule has 0 aliphatic rings. The van der Waals surface area contributed by atoms with Gasteiger partial charge in [-0.3, -0.25) is 9.59 Å². The van der Waals surface area contributed by atoms with E-state index in [-0.39, 0.29) is 30.8 Å². The van der Waals surface area contributed by atoms with E-state index in [0.29, 0.717) is 5.75 Å². The lowest BCUT2D eigenvalue weighted by Gasteiger charge is -2.31. The maximum Gasteiger partial charge on any atom is 0.261 e. The van der Waals surface area contributed by atoms with Crippen LogP contribution in [0.1, 0.15) is 44.4 Å². The summed E-state index contributed by atoms with van der Waals surface area (Å²) in [6.45, 7) is 11.2. The summed E-state index contributed by atoms with van der Waals surface area (Å²) in [5.41, 5.74) is 2.26. The van der Waals surface area contributed by atoms with Crippen LogP contribution in [0.2, 0.25) is 0 Å². The van der Waals surface area contributed by atoms with Crippen LogP contribution in [-0.2, 0) is 16.1 Å². The number of carbonyl (C=O) groups is 2. The van der Waals surface area contributed by atoms with E-state index in [1.807, 2.05) is 52.8 Å². The molecule has 0 fully saturated rings. The number of halogens is 1. The van der Waals surface area contributed by atoms with Crippen LogP contribution in [0.3, 0.4) is 0 Å². The number of nitrogens with one attached hydrogen (secondary N) is 1. The lowest BCUT2D eigenvalue weighted by molar-refractivity contribution is -0.142. The largest absolute Gasteiger partial charge is 0.483 e. The highest BCUT2D eigenvalue weighted by Crippen LogP contribution is 2.20. The molecule has 0 saturated heterocycles. The summed E-state index contributed by atoms with van der Waals surface area (Å²) < 4.78 is 19.0. The van der Waals surface area contributed by atoms with Gasteiger partial charge in [0, 0.05) is 12.1 Å². The fraction of sp³-hybridized carbons (Fsp3) is 0.417. The Kier molecular flexibility index (Phi) is 7.59. The molecule has 6 heteroatoms. The van der Waals surface area contributed by atoms with E-state index in [4.69, 9.17) is 4.74 Å². The van der Waals surface area contributed by atoms with E-state index in [9.17, 15) is 14.0 Å². The summed E-state index contributed by atoms with van der Waals surface area (Å²) in [5, 5.41) is 2.91. The second kappa shape index (κ2) is 9.74. The summed E-state index contributed by atoms with van der Waals surface area (Å²) in [5.74, 6) is -0.299. The number of benzene rings is 2. The van der Waals surface area contributed by atoms with Gasteiger partial charge in [-0.05, 0) is 76.4 Å². The van der Waals surface area contributed by atoms with Crippen LogP contribution >= 0.6 is 0 Å². The molecule has 1 N–H and O–H groups in total. The molecule has 162 valence electrons. The van der Waals surface area contributed by atoms with Crippen LogP contribution in [0.4, 0.5) is 4.39 Å². The minimum Gasteiger partial charge on any atom is -0.483 e. The highest BCUT2D eigenvalue weighted by atomic mass is 19.1. The van der Waals surface area contributed by atoms with Crippen molar-refractivity contribution in [1.29, 1.82) is 0 Å². The normalized spacial score (nSPS) is 12.2. The Labute approximate surface area is 178 Å². The van der Waals surface area contributed by atoms with Gasteiger partial charge in [-0.25, -0.2) is 4.39 Å². The Balaban J connectivity index is 2.20. The van der Waals surface area contributed by atoms with E-state index in [0.717, 1.165) is 16.7 Å². The minimum atomic E-state index is -0.719. The zero-order valence-electron chi connectivity index (χ0n) is 18.6. The molecule has 2 aromatic rings. The third kappa shape index (κ3) is 6.87. The minimum absolute atomic E-state index is 0.175. The molecule has 0 aliphatic heterocycles. The second-order valence-corrected chi connectivity index (χ2v) is 8.62. The molecular formula is C24H31FN2O3. The van der Waals surface area contributed by atoms with Crippen molar-refractivity contribution in [3.8, 4) is 5.75 Å². The lowest BCUT2D eigenvalue weighted by atomic mass is 10.1. The topological polar surface area (TPSA) is 58.6 Å². The van der Waals surface area contributed by atoms with Crippen molar-refractivity contribution in [3.05, 3.63) is 65.0 Å². The number of hydrogen-bond donors (Lipinski definition) is 1. The Morgan fingerprint density at radius 2 is 1.73 bits per heavy atom. The predicted octanol–water partition coefficient (Wildman–Crippen LogP) is 4.15. The second-order valence-electron chi connectivity index (χ2n) is 8.62. The number of carbonyl (C=O) groups excluding carboxylic acids is 2. The Morgan fingerprint density at radius 3 is 2.33 bits per heavy atom. The summed E-state index contributed by atoms with van der Waals surface area (Å²) in [4.78, 5) is 27.2. The molecular weight excluding hydrogens is 383 g/mol. The lowest BCUT2D eigenvalue weighted by Crippen LogP contribution is -2.53. The summed E-state index contributed by atoms with van der Waals surface area (Å²) in [7, 11) is 0. The quantitative estimate of drug-likeness (QED) is 0.740. The first-order chi connectivity index (χ1) is 14.0. The number of aryl methyl sites for hydroxylation is 2. The molecule has 2 rings (SSSR count). The Hall–Kier alpha value is -2.89. The molecule has 2 aromatic carbocycles. The third-order valence-electron chi connectivity index (χ3n) is 4.63. The smallest absolute Gasteiger partial charge is 0.261 e. The number of nitrogens with zero attached hydrogens (tertiary/aromatic N) is 1. The van der Waals surface area contributed by atoms with Crippen molar-refractivity contribution in [2.75, 3.05) is 6.61 Å². The van der Waals surface area contributed by atoms with Crippen molar-refractivity contribution < 1.29 is 18.7 Å². The number of hydrogen-bond acceptors (Lipinski definition) is 3. The highest BCUT2D eigenvalue weighted by Gasteiger charge is 2.28. The van der Waals surface area contributed by atoms with E-state index >= 15 is 0 Å². The van der Waals surface area contributed by atoms with Crippen molar-refractivity contribution >= 4 is 11.8 Å². The number of ether oxygens (including phenoxy) is 1. The highest BCUT2D eigenvalue weighted by molar-refractivity contribution is 5.88. The fourth-order valence-electron chi connectivity index (χ4n) is 2.93.